The lowest BCUT2D eigenvalue weighted by Crippen LogP contribution is -2.22. The summed E-state index contributed by atoms with van der Waals surface area (Å²) in [5.74, 6) is 0.521. The lowest BCUT2D eigenvalue weighted by molar-refractivity contribution is 0.0357. The molecule has 96 valence electrons. The molecule has 0 bridgehead atoms. The van der Waals surface area contributed by atoms with Crippen molar-refractivity contribution < 1.29 is 9.53 Å². The molecule has 0 radical (unpaired) electrons. The third-order valence-corrected chi connectivity index (χ3v) is 3.84. The van der Waals surface area contributed by atoms with Gasteiger partial charge in [0.05, 0.1) is 15.8 Å². The van der Waals surface area contributed by atoms with Gasteiger partial charge in [-0.2, -0.15) is 0 Å². The molecule has 0 aliphatic heterocycles. The molecule has 1 rings (SSSR count). The van der Waals surface area contributed by atoms with Crippen molar-refractivity contribution >= 4 is 28.7 Å². The molecule has 0 saturated carbocycles. The van der Waals surface area contributed by atoms with E-state index < -0.39 is 0 Å². The zero-order valence-electron chi connectivity index (χ0n) is 10.5. The van der Waals surface area contributed by atoms with Gasteiger partial charge in [0, 0.05) is 0 Å². The van der Waals surface area contributed by atoms with E-state index in [2.05, 4.69) is 13.8 Å². The summed E-state index contributed by atoms with van der Waals surface area (Å²) >= 11 is 7.11. The third kappa shape index (κ3) is 4.78. The summed E-state index contributed by atoms with van der Waals surface area (Å²) in [5.41, 5.74) is 0. The number of Topliss-reactive ketones (excluding diaryl/α,β-unsaturated/α-hetero) is 1. The lowest BCUT2D eigenvalue weighted by Gasteiger charge is -2.15. The van der Waals surface area contributed by atoms with Crippen LogP contribution in [0.3, 0.4) is 0 Å². The molecule has 0 N–H and O–H groups in total. The SMILES string of the molecule is CCCC(C)COC(C)C(=O)c1ccc(Cl)s1. The fourth-order valence-corrected chi connectivity index (χ4v) is 2.67. The summed E-state index contributed by atoms with van der Waals surface area (Å²) in [7, 11) is 0. The van der Waals surface area contributed by atoms with Gasteiger partial charge in [-0.25, -0.2) is 0 Å². The van der Waals surface area contributed by atoms with Gasteiger partial charge in [-0.15, -0.1) is 11.3 Å². The first-order valence-corrected chi connectivity index (χ1v) is 7.15. The van der Waals surface area contributed by atoms with Crippen molar-refractivity contribution in [3.05, 3.63) is 21.3 Å². The van der Waals surface area contributed by atoms with Crippen LogP contribution in [-0.2, 0) is 4.74 Å². The number of hydrogen-bond donors (Lipinski definition) is 0. The summed E-state index contributed by atoms with van der Waals surface area (Å²) < 4.78 is 6.23. The van der Waals surface area contributed by atoms with Crippen LogP contribution in [0.5, 0.6) is 0 Å². The number of halogens is 1. The molecular weight excluding hydrogens is 256 g/mol. The largest absolute Gasteiger partial charge is 0.370 e. The van der Waals surface area contributed by atoms with Gasteiger partial charge < -0.3 is 4.74 Å². The molecule has 0 aliphatic carbocycles. The summed E-state index contributed by atoms with van der Waals surface area (Å²) in [4.78, 5) is 12.6. The van der Waals surface area contributed by atoms with Crippen molar-refractivity contribution in [1.82, 2.24) is 0 Å². The Morgan fingerprint density at radius 2 is 2.18 bits per heavy atom. The molecule has 2 unspecified atom stereocenters. The molecule has 0 spiro atoms. The minimum absolute atomic E-state index is 0.0191. The zero-order chi connectivity index (χ0) is 12.8. The van der Waals surface area contributed by atoms with Crippen molar-refractivity contribution in [2.45, 2.75) is 39.7 Å². The van der Waals surface area contributed by atoms with Gasteiger partial charge in [-0.05, 0) is 31.4 Å². The summed E-state index contributed by atoms with van der Waals surface area (Å²) in [6.45, 7) is 6.73. The van der Waals surface area contributed by atoms with Gasteiger partial charge in [0.2, 0.25) is 5.78 Å². The number of rotatable bonds is 7. The molecule has 1 heterocycles. The predicted molar refractivity (Wildman–Crippen MR) is 73.1 cm³/mol. The van der Waals surface area contributed by atoms with Gasteiger partial charge >= 0.3 is 0 Å². The Kier molecular flexibility index (Phi) is 6.17. The van der Waals surface area contributed by atoms with Crippen LogP contribution in [0.2, 0.25) is 4.34 Å². The topological polar surface area (TPSA) is 26.3 Å². The molecule has 0 aliphatic rings. The molecule has 0 aromatic carbocycles. The fourth-order valence-electron chi connectivity index (χ4n) is 1.61. The van der Waals surface area contributed by atoms with Gasteiger partial charge in [0.15, 0.2) is 0 Å². The molecule has 17 heavy (non-hydrogen) atoms. The van der Waals surface area contributed by atoms with Crippen molar-refractivity contribution in [3.8, 4) is 0 Å². The number of thiophene rings is 1. The van der Waals surface area contributed by atoms with E-state index in [4.69, 9.17) is 16.3 Å². The molecule has 0 fully saturated rings. The Balaban J connectivity index is 2.42. The van der Waals surface area contributed by atoms with E-state index >= 15 is 0 Å². The van der Waals surface area contributed by atoms with Crippen molar-refractivity contribution in [1.29, 1.82) is 0 Å². The van der Waals surface area contributed by atoms with Gasteiger partial charge in [-0.3, -0.25) is 4.79 Å². The maximum atomic E-state index is 12.0. The maximum Gasteiger partial charge on any atom is 0.201 e. The number of carbonyl (C=O) groups is 1. The monoisotopic (exact) mass is 274 g/mol. The van der Waals surface area contributed by atoms with Gasteiger partial charge in [0.25, 0.3) is 0 Å². The van der Waals surface area contributed by atoms with Crippen LogP contribution in [0.1, 0.15) is 43.3 Å². The van der Waals surface area contributed by atoms with Gasteiger partial charge in [0.1, 0.15) is 6.10 Å². The Bertz CT molecular complexity index is 362. The first-order chi connectivity index (χ1) is 8.04. The highest BCUT2D eigenvalue weighted by Gasteiger charge is 2.18. The Labute approximate surface area is 112 Å². The standard InChI is InChI=1S/C13H19ClO2S/c1-4-5-9(2)8-16-10(3)13(15)11-6-7-12(14)17-11/h6-7,9-10H,4-5,8H2,1-3H3. The van der Waals surface area contributed by atoms with Gasteiger partial charge in [-0.1, -0.05) is 31.9 Å². The van der Waals surface area contributed by atoms with Crippen LogP contribution in [0.15, 0.2) is 12.1 Å². The predicted octanol–water partition coefficient (Wildman–Crippen LogP) is 4.43. The Morgan fingerprint density at radius 1 is 1.47 bits per heavy atom. The third-order valence-electron chi connectivity index (χ3n) is 2.60. The molecule has 4 heteroatoms. The second-order valence-corrected chi connectivity index (χ2v) is 6.05. The summed E-state index contributed by atoms with van der Waals surface area (Å²) in [6.07, 6.45) is 1.89. The highest BCUT2D eigenvalue weighted by molar-refractivity contribution is 7.18. The minimum Gasteiger partial charge on any atom is -0.370 e. The summed E-state index contributed by atoms with van der Waals surface area (Å²) in [6, 6.07) is 3.50. The average molecular weight is 275 g/mol. The molecule has 0 amide bonds. The molecule has 0 saturated heterocycles. The number of carbonyl (C=O) groups excluding carboxylic acids is 1. The number of ether oxygens (including phenoxy) is 1. The van der Waals surface area contributed by atoms with E-state index in [0.29, 0.717) is 21.7 Å². The van der Waals surface area contributed by atoms with Crippen molar-refractivity contribution in [2.75, 3.05) is 6.61 Å². The van der Waals surface area contributed by atoms with Crippen LogP contribution < -0.4 is 0 Å². The smallest absolute Gasteiger partial charge is 0.201 e. The average Bonchev–Trinajstić information content (AvgIpc) is 2.72. The fraction of sp³-hybridized carbons (Fsp3) is 0.615. The highest BCUT2D eigenvalue weighted by Crippen LogP contribution is 2.23. The van der Waals surface area contributed by atoms with E-state index in [1.54, 1.807) is 19.1 Å². The number of ketones is 1. The molecular formula is C13H19ClO2S. The minimum atomic E-state index is -0.385. The molecule has 2 nitrogen and oxygen atoms in total. The second-order valence-electron chi connectivity index (χ2n) is 4.34. The van der Waals surface area contributed by atoms with Crippen molar-refractivity contribution in [2.24, 2.45) is 5.92 Å². The van der Waals surface area contributed by atoms with E-state index in [1.807, 2.05) is 0 Å². The second kappa shape index (κ2) is 7.14. The first-order valence-electron chi connectivity index (χ1n) is 5.95. The lowest BCUT2D eigenvalue weighted by atomic mass is 10.1. The molecule has 2 atom stereocenters. The van der Waals surface area contributed by atoms with E-state index in [-0.39, 0.29) is 11.9 Å². The van der Waals surface area contributed by atoms with Crippen LogP contribution in [0.4, 0.5) is 0 Å². The van der Waals surface area contributed by atoms with Crippen LogP contribution >= 0.6 is 22.9 Å². The van der Waals surface area contributed by atoms with Crippen molar-refractivity contribution in [3.63, 3.8) is 0 Å². The van der Waals surface area contributed by atoms with Crippen LogP contribution in [-0.4, -0.2) is 18.5 Å². The Morgan fingerprint density at radius 3 is 2.71 bits per heavy atom. The maximum absolute atomic E-state index is 12.0. The highest BCUT2D eigenvalue weighted by atomic mass is 35.5. The van der Waals surface area contributed by atoms with E-state index in [1.165, 1.54) is 11.3 Å². The van der Waals surface area contributed by atoms with Crippen LogP contribution in [0, 0.1) is 5.92 Å². The normalized spacial score (nSPS) is 14.6. The molecule has 1 aromatic heterocycles. The number of hydrogen-bond acceptors (Lipinski definition) is 3. The zero-order valence-corrected chi connectivity index (χ0v) is 12.1. The van der Waals surface area contributed by atoms with Crippen LogP contribution in [0.25, 0.3) is 0 Å². The molecule has 1 aromatic rings. The quantitative estimate of drug-likeness (QED) is 0.688. The van der Waals surface area contributed by atoms with E-state index in [9.17, 15) is 4.79 Å². The summed E-state index contributed by atoms with van der Waals surface area (Å²) in [5, 5.41) is 0. The first kappa shape index (κ1) is 14.7. The van der Waals surface area contributed by atoms with E-state index in [0.717, 1.165) is 12.8 Å². The Hall–Kier alpha value is -0.380.